The molecule has 1 aromatic rings. The molecule has 0 amide bonds. The largest absolute Gasteiger partial charge is 0.492 e. The fourth-order valence-corrected chi connectivity index (χ4v) is 2.83. The summed E-state index contributed by atoms with van der Waals surface area (Å²) in [5, 5.41) is 3.44. The van der Waals surface area contributed by atoms with Crippen molar-refractivity contribution in [2.45, 2.75) is 32.4 Å². The standard InChI is InChI=1S/C14H20BrNO3S/c1-2-20(17,18)8-7-19-14-6-3-12(15)9-11(14)10-16-13-4-5-13/h3,6,9,13,16H,2,4-5,7-8,10H2,1H3. The molecule has 112 valence electrons. The summed E-state index contributed by atoms with van der Waals surface area (Å²) in [5.74, 6) is 0.981. The Morgan fingerprint density at radius 3 is 2.80 bits per heavy atom. The average Bonchev–Trinajstić information content (AvgIpc) is 3.22. The van der Waals surface area contributed by atoms with Crippen LogP contribution < -0.4 is 10.1 Å². The lowest BCUT2D eigenvalue weighted by molar-refractivity contribution is 0.336. The molecule has 0 radical (unpaired) electrons. The number of hydrogen-bond donors (Lipinski definition) is 1. The van der Waals surface area contributed by atoms with E-state index < -0.39 is 9.84 Å². The van der Waals surface area contributed by atoms with Crippen molar-refractivity contribution in [3.8, 4) is 5.75 Å². The topological polar surface area (TPSA) is 55.4 Å². The second-order valence-corrected chi connectivity index (χ2v) is 8.38. The molecule has 0 spiro atoms. The number of benzene rings is 1. The van der Waals surface area contributed by atoms with Crippen molar-refractivity contribution in [1.29, 1.82) is 0 Å². The van der Waals surface area contributed by atoms with Gasteiger partial charge in [-0.3, -0.25) is 0 Å². The molecule has 6 heteroatoms. The van der Waals surface area contributed by atoms with Crippen LogP contribution in [-0.2, 0) is 16.4 Å². The molecule has 0 atom stereocenters. The van der Waals surface area contributed by atoms with Gasteiger partial charge in [-0.15, -0.1) is 0 Å². The summed E-state index contributed by atoms with van der Waals surface area (Å²) >= 11 is 3.45. The number of rotatable bonds is 8. The minimum atomic E-state index is -2.98. The maximum absolute atomic E-state index is 11.5. The summed E-state index contributed by atoms with van der Waals surface area (Å²) in [6.07, 6.45) is 2.47. The van der Waals surface area contributed by atoms with E-state index in [0.717, 1.165) is 22.3 Å². The van der Waals surface area contributed by atoms with E-state index in [1.54, 1.807) is 6.92 Å². The van der Waals surface area contributed by atoms with E-state index in [1.807, 2.05) is 18.2 Å². The number of ether oxygens (including phenoxy) is 1. The predicted octanol–water partition coefficient (Wildman–Crippen LogP) is 2.51. The lowest BCUT2D eigenvalue weighted by Crippen LogP contribution is -2.18. The second kappa shape index (κ2) is 6.91. The molecule has 1 aromatic carbocycles. The first-order valence-corrected chi connectivity index (χ1v) is 9.46. The molecule has 2 rings (SSSR count). The molecule has 0 aliphatic heterocycles. The first-order valence-electron chi connectivity index (χ1n) is 6.85. The molecule has 1 aliphatic carbocycles. The van der Waals surface area contributed by atoms with Gasteiger partial charge in [0.05, 0.1) is 5.75 Å². The Morgan fingerprint density at radius 1 is 1.40 bits per heavy atom. The van der Waals surface area contributed by atoms with Crippen LogP contribution in [0.2, 0.25) is 0 Å². The van der Waals surface area contributed by atoms with Crippen molar-refractivity contribution in [3.63, 3.8) is 0 Å². The minimum absolute atomic E-state index is 0.0645. The van der Waals surface area contributed by atoms with Gasteiger partial charge in [0, 0.05) is 28.4 Å². The van der Waals surface area contributed by atoms with Crippen LogP contribution in [0.15, 0.2) is 22.7 Å². The minimum Gasteiger partial charge on any atom is -0.492 e. The van der Waals surface area contributed by atoms with Gasteiger partial charge in [0.15, 0.2) is 9.84 Å². The zero-order valence-corrected chi connectivity index (χ0v) is 14.0. The first-order chi connectivity index (χ1) is 9.50. The average molecular weight is 362 g/mol. The predicted molar refractivity (Wildman–Crippen MR) is 83.8 cm³/mol. The highest BCUT2D eigenvalue weighted by atomic mass is 79.9. The first kappa shape index (κ1) is 15.8. The SMILES string of the molecule is CCS(=O)(=O)CCOc1ccc(Br)cc1CNC1CC1. The monoisotopic (exact) mass is 361 g/mol. The second-order valence-electron chi connectivity index (χ2n) is 4.99. The van der Waals surface area contributed by atoms with Crippen LogP contribution in [0.3, 0.4) is 0 Å². The van der Waals surface area contributed by atoms with E-state index >= 15 is 0 Å². The third kappa shape index (κ3) is 5.07. The van der Waals surface area contributed by atoms with E-state index in [1.165, 1.54) is 12.8 Å². The van der Waals surface area contributed by atoms with E-state index in [0.29, 0.717) is 6.04 Å². The normalized spacial score (nSPS) is 15.3. The molecule has 0 unspecified atom stereocenters. The summed E-state index contributed by atoms with van der Waals surface area (Å²) in [6, 6.07) is 6.43. The van der Waals surface area contributed by atoms with E-state index in [-0.39, 0.29) is 18.1 Å². The summed E-state index contributed by atoms with van der Waals surface area (Å²) in [5.41, 5.74) is 1.06. The van der Waals surface area contributed by atoms with Crippen molar-refractivity contribution >= 4 is 25.8 Å². The van der Waals surface area contributed by atoms with Crippen LogP contribution in [0.5, 0.6) is 5.75 Å². The van der Waals surface area contributed by atoms with Gasteiger partial charge in [0.1, 0.15) is 12.4 Å². The zero-order valence-electron chi connectivity index (χ0n) is 11.6. The van der Waals surface area contributed by atoms with Gasteiger partial charge in [-0.05, 0) is 31.0 Å². The van der Waals surface area contributed by atoms with E-state index in [2.05, 4.69) is 21.2 Å². The molecule has 0 saturated heterocycles. The van der Waals surface area contributed by atoms with Crippen molar-refractivity contribution in [2.24, 2.45) is 0 Å². The molecule has 1 N–H and O–H groups in total. The van der Waals surface area contributed by atoms with Gasteiger partial charge in [0.25, 0.3) is 0 Å². The molecule has 0 bridgehead atoms. The van der Waals surface area contributed by atoms with Gasteiger partial charge < -0.3 is 10.1 Å². The fraction of sp³-hybridized carbons (Fsp3) is 0.571. The lowest BCUT2D eigenvalue weighted by atomic mass is 10.2. The summed E-state index contributed by atoms with van der Waals surface area (Å²) in [4.78, 5) is 0. The Bertz CT molecular complexity index is 556. The molecule has 0 heterocycles. The number of sulfone groups is 1. The maximum atomic E-state index is 11.5. The van der Waals surface area contributed by atoms with Gasteiger partial charge >= 0.3 is 0 Å². The summed E-state index contributed by atoms with van der Waals surface area (Å²) < 4.78 is 29.5. The van der Waals surface area contributed by atoms with Crippen molar-refractivity contribution < 1.29 is 13.2 Å². The Labute approximate surface area is 129 Å². The van der Waals surface area contributed by atoms with Crippen LogP contribution in [-0.4, -0.2) is 32.6 Å². The van der Waals surface area contributed by atoms with Crippen LogP contribution in [0.1, 0.15) is 25.3 Å². The quantitative estimate of drug-likeness (QED) is 0.772. The third-order valence-electron chi connectivity index (χ3n) is 3.27. The number of nitrogens with one attached hydrogen (secondary N) is 1. The van der Waals surface area contributed by atoms with E-state index in [4.69, 9.17) is 4.74 Å². The Hall–Kier alpha value is -0.590. The van der Waals surface area contributed by atoms with E-state index in [9.17, 15) is 8.42 Å². The van der Waals surface area contributed by atoms with Crippen molar-refractivity contribution in [2.75, 3.05) is 18.1 Å². The Balaban J connectivity index is 1.94. The third-order valence-corrected chi connectivity index (χ3v) is 5.43. The van der Waals surface area contributed by atoms with Gasteiger partial charge in [0.2, 0.25) is 0 Å². The van der Waals surface area contributed by atoms with Crippen molar-refractivity contribution in [3.05, 3.63) is 28.2 Å². The molecular formula is C14H20BrNO3S. The molecule has 4 nitrogen and oxygen atoms in total. The van der Waals surface area contributed by atoms with Gasteiger partial charge in [-0.25, -0.2) is 8.42 Å². The summed E-state index contributed by atoms with van der Waals surface area (Å²) in [6.45, 7) is 2.61. The van der Waals surface area contributed by atoms with Crippen LogP contribution in [0.4, 0.5) is 0 Å². The Kier molecular flexibility index (Phi) is 5.46. The molecule has 1 saturated carbocycles. The highest BCUT2D eigenvalue weighted by Gasteiger charge is 2.20. The number of hydrogen-bond acceptors (Lipinski definition) is 4. The molecular weight excluding hydrogens is 342 g/mol. The lowest BCUT2D eigenvalue weighted by Gasteiger charge is -2.12. The van der Waals surface area contributed by atoms with Crippen LogP contribution >= 0.6 is 15.9 Å². The summed E-state index contributed by atoms with van der Waals surface area (Å²) in [7, 11) is -2.98. The molecule has 1 aliphatic rings. The molecule has 20 heavy (non-hydrogen) atoms. The van der Waals surface area contributed by atoms with Crippen LogP contribution in [0.25, 0.3) is 0 Å². The van der Waals surface area contributed by atoms with Gasteiger partial charge in [-0.2, -0.15) is 0 Å². The van der Waals surface area contributed by atoms with Crippen molar-refractivity contribution in [1.82, 2.24) is 5.32 Å². The number of halogens is 1. The molecule has 0 aromatic heterocycles. The maximum Gasteiger partial charge on any atom is 0.153 e. The zero-order chi connectivity index (χ0) is 14.6. The van der Waals surface area contributed by atoms with Gasteiger partial charge in [-0.1, -0.05) is 22.9 Å². The smallest absolute Gasteiger partial charge is 0.153 e. The highest BCUT2D eigenvalue weighted by molar-refractivity contribution is 9.10. The molecule has 1 fully saturated rings. The highest BCUT2D eigenvalue weighted by Crippen LogP contribution is 2.25. The van der Waals surface area contributed by atoms with Crippen LogP contribution in [0, 0.1) is 0 Å². The fourth-order valence-electron chi connectivity index (χ4n) is 1.79. The Morgan fingerprint density at radius 2 is 2.15 bits per heavy atom.